The van der Waals surface area contributed by atoms with Gasteiger partial charge in [-0.25, -0.2) is 14.4 Å². The number of nitrogens with zero attached hydrogens (tertiary/aromatic N) is 4. The Morgan fingerprint density at radius 2 is 2.06 bits per heavy atom. The zero-order valence-corrected chi connectivity index (χ0v) is 20.6. The molecule has 0 aliphatic heterocycles. The summed E-state index contributed by atoms with van der Waals surface area (Å²) in [5.41, 5.74) is -0.443. The highest BCUT2D eigenvalue weighted by molar-refractivity contribution is 5.99. The molecule has 1 aliphatic carbocycles. The molecule has 0 unspecified atom stereocenters. The first kappa shape index (κ1) is 25.5. The summed E-state index contributed by atoms with van der Waals surface area (Å²) in [7, 11) is 0. The van der Waals surface area contributed by atoms with E-state index in [0.29, 0.717) is 35.6 Å². The number of halogens is 1. The summed E-state index contributed by atoms with van der Waals surface area (Å²) in [5.74, 6) is 0.00401. The van der Waals surface area contributed by atoms with Crippen LogP contribution in [0.15, 0.2) is 36.8 Å². The molecule has 1 aliphatic rings. The molecule has 10 heteroatoms. The summed E-state index contributed by atoms with van der Waals surface area (Å²) < 4.78 is 16.0. The molecule has 4 rings (SSSR count). The quantitative estimate of drug-likeness (QED) is 0.396. The van der Waals surface area contributed by atoms with Crippen molar-refractivity contribution in [2.45, 2.75) is 69.9 Å². The van der Waals surface area contributed by atoms with Gasteiger partial charge in [-0.2, -0.15) is 5.26 Å². The van der Waals surface area contributed by atoms with Crippen molar-refractivity contribution in [2.24, 2.45) is 0 Å². The third-order valence-electron chi connectivity index (χ3n) is 6.67. The van der Waals surface area contributed by atoms with Crippen molar-refractivity contribution in [3.63, 3.8) is 0 Å². The Kier molecular flexibility index (Phi) is 6.98. The first-order valence-electron chi connectivity index (χ1n) is 12.0. The van der Waals surface area contributed by atoms with E-state index in [4.69, 9.17) is 5.26 Å². The average Bonchev–Trinajstić information content (AvgIpc) is 3.26. The molecule has 0 bridgehead atoms. The Morgan fingerprint density at radius 3 is 2.72 bits per heavy atom. The Morgan fingerprint density at radius 1 is 1.33 bits per heavy atom. The minimum absolute atomic E-state index is 0.0371. The number of carbonyl (C=O) groups is 1. The monoisotopic (exact) mass is 494 g/mol. The third kappa shape index (κ3) is 5.64. The number of nitrogens with one attached hydrogen (secondary N) is 2. The van der Waals surface area contributed by atoms with Gasteiger partial charge in [0.15, 0.2) is 0 Å². The lowest BCUT2D eigenvalue weighted by atomic mass is 9.83. The molecule has 3 aromatic heterocycles. The second kappa shape index (κ2) is 9.84. The number of nitriles is 1. The van der Waals surface area contributed by atoms with E-state index in [1.807, 2.05) is 13.0 Å². The number of hydrogen-bond acceptors (Lipinski definition) is 7. The number of amides is 1. The topological polar surface area (TPSA) is 136 Å². The molecule has 1 amide bonds. The van der Waals surface area contributed by atoms with Gasteiger partial charge in [-0.05, 0) is 58.6 Å². The van der Waals surface area contributed by atoms with Crippen molar-refractivity contribution >= 4 is 22.6 Å². The number of carbonyl (C=O) groups excluding carboxylic acids is 1. The molecule has 190 valence electrons. The van der Waals surface area contributed by atoms with Crippen LogP contribution in [0, 0.1) is 11.3 Å². The van der Waals surface area contributed by atoms with Gasteiger partial charge in [0.1, 0.15) is 23.7 Å². The smallest absolute Gasteiger partial charge is 0.255 e. The molecule has 3 aromatic rings. The number of anilines is 1. The second-order valence-corrected chi connectivity index (χ2v) is 10.3. The summed E-state index contributed by atoms with van der Waals surface area (Å²) in [6.07, 6.45) is 5.78. The number of pyridine rings is 2. The molecule has 3 heterocycles. The number of alkyl halides is 1. The molecule has 4 N–H and O–H groups in total. The SMILES string of the molecule is CC1(O)CCC(Nc2cc(-n3ccc4cc(C#N)cnc43)ncc2C(=O)NC[C@@H](F)C(C)(C)O)CC1. The van der Waals surface area contributed by atoms with E-state index < -0.39 is 23.3 Å². The van der Waals surface area contributed by atoms with Crippen LogP contribution in [-0.4, -0.2) is 60.6 Å². The van der Waals surface area contributed by atoms with E-state index in [0.717, 1.165) is 18.2 Å². The van der Waals surface area contributed by atoms with Crippen LogP contribution in [0.25, 0.3) is 16.9 Å². The van der Waals surface area contributed by atoms with Crippen LogP contribution < -0.4 is 10.6 Å². The van der Waals surface area contributed by atoms with Gasteiger partial charge < -0.3 is 20.8 Å². The fourth-order valence-electron chi connectivity index (χ4n) is 4.28. The van der Waals surface area contributed by atoms with Gasteiger partial charge in [0.25, 0.3) is 5.91 Å². The minimum atomic E-state index is -1.64. The summed E-state index contributed by atoms with van der Waals surface area (Å²) in [4.78, 5) is 21.8. The first-order valence-corrected chi connectivity index (χ1v) is 12.0. The highest BCUT2D eigenvalue weighted by atomic mass is 19.1. The van der Waals surface area contributed by atoms with Gasteiger partial charge in [-0.3, -0.25) is 9.36 Å². The molecule has 1 fully saturated rings. The van der Waals surface area contributed by atoms with Crippen LogP contribution in [0.4, 0.5) is 10.1 Å². The number of aromatic nitrogens is 3. The fourth-order valence-corrected chi connectivity index (χ4v) is 4.28. The molecule has 0 radical (unpaired) electrons. The number of fused-ring (bicyclic) bond motifs is 1. The molecule has 9 nitrogen and oxygen atoms in total. The standard InChI is InChI=1S/C26H31FN6O3/c1-25(2,35)21(27)15-31-24(34)19-14-29-22(11-20(19)32-18-4-7-26(3,36)8-5-18)33-9-6-17-10-16(12-28)13-30-23(17)33/h6,9-11,13-14,18,21,35-36H,4-5,7-8,15H2,1-3H3,(H,29,32)(H,31,34)/t18?,21-,26?/m1/s1. The van der Waals surface area contributed by atoms with Crippen LogP contribution in [0.2, 0.25) is 0 Å². The van der Waals surface area contributed by atoms with E-state index >= 15 is 0 Å². The summed E-state index contributed by atoms with van der Waals surface area (Å²) in [6, 6.07) is 7.43. The second-order valence-electron chi connectivity index (χ2n) is 10.3. The number of aliphatic hydroxyl groups is 2. The van der Waals surface area contributed by atoms with E-state index in [1.165, 1.54) is 26.2 Å². The average molecular weight is 495 g/mol. The maximum absolute atomic E-state index is 14.2. The van der Waals surface area contributed by atoms with E-state index in [1.54, 1.807) is 22.9 Å². The summed E-state index contributed by atoms with van der Waals surface area (Å²) in [5, 5.41) is 36.0. The van der Waals surface area contributed by atoms with Crippen LogP contribution in [0.5, 0.6) is 0 Å². The first-order chi connectivity index (χ1) is 17.0. The highest BCUT2D eigenvalue weighted by Gasteiger charge is 2.30. The van der Waals surface area contributed by atoms with Crippen LogP contribution in [0.1, 0.15) is 62.4 Å². The van der Waals surface area contributed by atoms with E-state index in [2.05, 4.69) is 26.7 Å². The van der Waals surface area contributed by atoms with Crippen molar-refractivity contribution in [1.29, 1.82) is 5.26 Å². The summed E-state index contributed by atoms with van der Waals surface area (Å²) in [6.45, 7) is 4.17. The minimum Gasteiger partial charge on any atom is -0.390 e. The Balaban J connectivity index is 1.65. The van der Waals surface area contributed by atoms with Gasteiger partial charge >= 0.3 is 0 Å². The van der Waals surface area contributed by atoms with Gasteiger partial charge in [-0.1, -0.05) is 0 Å². The fraction of sp³-hybridized carbons (Fsp3) is 0.462. The highest BCUT2D eigenvalue weighted by Crippen LogP contribution is 2.31. The maximum Gasteiger partial charge on any atom is 0.255 e. The predicted molar refractivity (Wildman–Crippen MR) is 134 cm³/mol. The molecular formula is C26H31FN6O3. The van der Waals surface area contributed by atoms with Gasteiger partial charge in [0, 0.05) is 36.1 Å². The van der Waals surface area contributed by atoms with Crippen molar-refractivity contribution in [3.8, 4) is 11.9 Å². The van der Waals surface area contributed by atoms with Crippen molar-refractivity contribution in [3.05, 3.63) is 47.9 Å². The molecule has 1 saturated carbocycles. The molecule has 1 atom stereocenters. The van der Waals surface area contributed by atoms with Crippen molar-refractivity contribution < 1.29 is 19.4 Å². The molecule has 0 saturated heterocycles. The zero-order chi connectivity index (χ0) is 26.1. The lowest BCUT2D eigenvalue weighted by Gasteiger charge is -2.34. The largest absolute Gasteiger partial charge is 0.390 e. The third-order valence-corrected chi connectivity index (χ3v) is 6.67. The van der Waals surface area contributed by atoms with Crippen LogP contribution in [-0.2, 0) is 0 Å². The van der Waals surface area contributed by atoms with Crippen molar-refractivity contribution in [1.82, 2.24) is 19.9 Å². The Hall–Kier alpha value is -3.55. The molecular weight excluding hydrogens is 463 g/mol. The van der Waals surface area contributed by atoms with Crippen LogP contribution >= 0.6 is 0 Å². The Bertz CT molecular complexity index is 1300. The maximum atomic E-state index is 14.2. The molecule has 0 spiro atoms. The lowest BCUT2D eigenvalue weighted by molar-refractivity contribution is -0.00178. The lowest BCUT2D eigenvalue weighted by Crippen LogP contribution is -2.42. The molecule has 0 aromatic carbocycles. The number of rotatable bonds is 7. The van der Waals surface area contributed by atoms with Crippen molar-refractivity contribution in [2.75, 3.05) is 11.9 Å². The number of hydrogen-bond donors (Lipinski definition) is 4. The van der Waals surface area contributed by atoms with Gasteiger partial charge in [0.05, 0.1) is 34.6 Å². The molecule has 36 heavy (non-hydrogen) atoms. The normalized spacial score (nSPS) is 21.1. The summed E-state index contributed by atoms with van der Waals surface area (Å²) >= 11 is 0. The van der Waals surface area contributed by atoms with Gasteiger partial charge in [-0.15, -0.1) is 0 Å². The van der Waals surface area contributed by atoms with Gasteiger partial charge in [0.2, 0.25) is 0 Å². The Labute approximate surface area is 209 Å². The van der Waals surface area contributed by atoms with Crippen LogP contribution in [0.3, 0.4) is 0 Å². The predicted octanol–water partition coefficient (Wildman–Crippen LogP) is 3.24. The van der Waals surface area contributed by atoms with E-state index in [9.17, 15) is 19.4 Å². The van der Waals surface area contributed by atoms with E-state index in [-0.39, 0.29) is 18.2 Å². The zero-order valence-electron chi connectivity index (χ0n) is 20.6.